The summed E-state index contributed by atoms with van der Waals surface area (Å²) in [5.41, 5.74) is 0. The molecule has 0 heterocycles. The minimum atomic E-state index is -3.32. The predicted molar refractivity (Wildman–Crippen MR) is 365 cm³/mol. The number of benzene rings is 12. The van der Waals surface area contributed by atoms with Gasteiger partial charge in [0.1, 0.15) is 11.5 Å². The van der Waals surface area contributed by atoms with Gasteiger partial charge in [-0.2, -0.15) is 0 Å². The molecule has 10 heteroatoms. The number of thiol groups is 1. The molecule has 4 nitrogen and oxygen atoms in total. The molecule has 0 saturated heterocycles. The van der Waals surface area contributed by atoms with Crippen molar-refractivity contribution >= 4 is 123 Å². The Morgan fingerprint density at radius 3 is 0.795 bits per heavy atom. The lowest BCUT2D eigenvalue weighted by molar-refractivity contribution is 0.489. The molecule has 0 aromatic heterocycles. The van der Waals surface area contributed by atoms with Gasteiger partial charge < -0.3 is 18.1 Å². The van der Waals surface area contributed by atoms with Gasteiger partial charge in [0.2, 0.25) is 0 Å². The van der Waals surface area contributed by atoms with Crippen molar-refractivity contribution in [2.24, 2.45) is 0 Å². The molecule has 0 spiro atoms. The van der Waals surface area contributed by atoms with Gasteiger partial charge >= 0.3 is 0 Å². The maximum atomic E-state index is 15.2. The first-order valence-corrected chi connectivity index (χ1v) is 36.5. The summed E-state index contributed by atoms with van der Waals surface area (Å²) in [7, 11) is -8.29. The summed E-state index contributed by atoms with van der Waals surface area (Å²) in [5, 5.41) is 13.5. The van der Waals surface area contributed by atoms with Crippen LogP contribution in [0.25, 0.3) is 0 Å². The molecule has 0 fully saturated rings. The first-order chi connectivity index (χ1) is 41.1. The van der Waals surface area contributed by atoms with Crippen LogP contribution in [0.4, 0.5) is 0 Å². The van der Waals surface area contributed by atoms with Crippen molar-refractivity contribution < 1.29 is 18.1 Å². The number of rotatable bonds is 15. The first kappa shape index (κ1) is 56.7. The molecule has 83 heavy (non-hydrogen) atoms. The summed E-state index contributed by atoms with van der Waals surface area (Å²) >= 11 is 0. The van der Waals surface area contributed by atoms with E-state index in [1.807, 2.05) is 170 Å². The molecule has 12 aromatic carbocycles. The van der Waals surface area contributed by atoms with Crippen molar-refractivity contribution in [1.29, 1.82) is 1.12 Å². The van der Waals surface area contributed by atoms with Crippen LogP contribution in [-0.4, -0.2) is 15.5 Å². The van der Waals surface area contributed by atoms with Gasteiger partial charge in [0.05, 0.1) is 10.6 Å². The highest BCUT2D eigenvalue weighted by atomic mass is 32.4. The van der Waals surface area contributed by atoms with Crippen molar-refractivity contribution in [2.45, 2.75) is 0 Å². The molecule has 0 unspecified atom stereocenters. The van der Waals surface area contributed by atoms with E-state index in [4.69, 9.17) is 16.4 Å². The molecule has 0 aliphatic heterocycles. The molecule has 0 aliphatic carbocycles. The Bertz CT molecular complexity index is 3910. The van der Waals surface area contributed by atoms with E-state index >= 15 is 9.13 Å². The van der Waals surface area contributed by atoms with Gasteiger partial charge in [-0.05, 0) is 67.8 Å². The van der Waals surface area contributed by atoms with Crippen LogP contribution in [0.15, 0.2) is 346 Å². The monoisotopic (exact) mass is 1190 g/mol. The largest absolute Gasteiger partial charge is 0.460 e. The van der Waals surface area contributed by atoms with Crippen molar-refractivity contribution in [2.75, 3.05) is 0 Å². The summed E-state index contributed by atoms with van der Waals surface area (Å²) < 4.78 is 52.2. The summed E-state index contributed by atoms with van der Waals surface area (Å²) in [6, 6.07) is 117. The molecule has 0 bridgehead atoms. The van der Waals surface area contributed by atoms with Crippen molar-refractivity contribution in [3.8, 4) is 11.5 Å². The smallest absolute Gasteiger partial charge is 0.179 e. The average molecular weight is 1190 g/mol. The predicted octanol–water partition coefficient (Wildman–Crippen LogP) is 11.8. The Labute approximate surface area is 496 Å². The van der Waals surface area contributed by atoms with E-state index in [9.17, 15) is 0 Å². The van der Waals surface area contributed by atoms with Gasteiger partial charge in [-0.3, -0.25) is 10.7 Å². The Balaban J connectivity index is 0.000000176. The highest BCUT2D eigenvalue weighted by Crippen LogP contribution is 2.48. The summed E-state index contributed by atoms with van der Waals surface area (Å²) in [6.45, 7) is -2.05. The maximum absolute atomic E-state index is 15.2. The number of hydrogen-bond donors (Lipinski definition) is 0. The van der Waals surface area contributed by atoms with Crippen LogP contribution < -0.4 is 73.2 Å². The Hall–Kier alpha value is -8.13. The van der Waals surface area contributed by atoms with Gasteiger partial charge in [-0.25, -0.2) is 8.02 Å². The normalized spacial score (nSPS) is 11.7. The highest BCUT2D eigenvalue weighted by Gasteiger charge is 2.42. The van der Waals surface area contributed by atoms with Crippen LogP contribution in [0.1, 0.15) is 0 Å². The minimum Gasteiger partial charge on any atom is -0.460 e. The van der Waals surface area contributed by atoms with Gasteiger partial charge in [0.15, 0.2) is 22.4 Å². The zero-order valence-electron chi connectivity index (χ0n) is 46.5. The fourth-order valence-corrected chi connectivity index (χ4v) is 24.2. The fraction of sp³-hybridized carbons (Fsp3) is 0. The Morgan fingerprint density at radius 2 is 0.518 bits per heavy atom. The van der Waals surface area contributed by atoms with Gasteiger partial charge in [0, 0.05) is 21.2 Å². The molecule has 12 aromatic rings. The molecule has 408 valence electrons. The summed E-state index contributed by atoms with van der Waals surface area (Å²) in [6.07, 6.45) is 4.97. The molecule has 0 amide bonds. The fourth-order valence-electron chi connectivity index (χ4n) is 11.0. The van der Waals surface area contributed by atoms with Crippen LogP contribution in [-0.2, 0) is 24.1 Å². The zero-order valence-corrected chi connectivity index (χ0v) is 51.0. The number of hydrogen-bond acceptors (Lipinski definition) is 5. The zero-order chi connectivity index (χ0) is 58.2. The molecule has 0 saturated carbocycles. The number of ether oxygens (including phenoxy) is 1. The lowest BCUT2D eigenvalue weighted by atomic mass is 10.3. The Kier molecular flexibility index (Phi) is 18.7. The van der Waals surface area contributed by atoms with Crippen LogP contribution in [0.3, 0.4) is 0 Å². The second kappa shape index (κ2) is 27.3. The van der Waals surface area contributed by atoms with Crippen molar-refractivity contribution in [3.05, 3.63) is 346 Å². The van der Waals surface area contributed by atoms with E-state index in [1.54, 1.807) is 0 Å². The third-order valence-corrected chi connectivity index (χ3v) is 29.4. The van der Waals surface area contributed by atoms with Crippen LogP contribution in [0, 0.1) is 0 Å². The third-order valence-electron chi connectivity index (χ3n) is 14.9. The minimum absolute atomic E-state index is 0.462. The van der Waals surface area contributed by atoms with Crippen molar-refractivity contribution in [3.63, 3.8) is 0 Å². The molecule has 0 N–H and O–H groups in total. The second-order valence-corrected chi connectivity index (χ2v) is 32.7. The van der Waals surface area contributed by atoms with E-state index < -0.39 is 40.0 Å². The molecule has 0 atom stereocenters. The number of para-hydroxylation sites is 2. The van der Waals surface area contributed by atoms with E-state index in [0.717, 1.165) is 21.2 Å². The van der Waals surface area contributed by atoms with Crippen LogP contribution >= 0.6 is 29.2 Å². The van der Waals surface area contributed by atoms with E-state index in [0.29, 0.717) is 22.1 Å². The molecule has 0 aliphatic rings. The third kappa shape index (κ3) is 12.1. The summed E-state index contributed by atoms with van der Waals surface area (Å²) in [4.78, 5) is 0. The quantitative estimate of drug-likeness (QED) is 0.0337. The van der Waals surface area contributed by atoms with E-state index in [-0.39, 0.29) is 0 Å². The topological polar surface area (TPSA) is 60.4 Å². The van der Waals surface area contributed by atoms with Gasteiger partial charge in [-0.15, -0.1) is 0 Å². The lowest BCUT2D eigenvalue weighted by Crippen LogP contribution is -2.74. The SMILES string of the molecule is C=P(c1ccccc1)(c1ccccc1)c1ccc([Si](c2ccccc2)(c2ccccc2)c2ccccc2)cc1.O=P(c1ccccc1)(c1ccccc1)c1ccccc1Oc1ccccc1P(=O)(c1ccccc1)c1ccccc1.[3H][S-](=O)=P. The molecular formula is C73H61O4P4SSi-. The maximum Gasteiger partial charge on any atom is 0.179 e. The van der Waals surface area contributed by atoms with E-state index in [1.165, 1.54) is 36.7 Å². The van der Waals surface area contributed by atoms with Gasteiger partial charge in [-0.1, -0.05) is 329 Å². The van der Waals surface area contributed by atoms with Crippen molar-refractivity contribution in [1.82, 2.24) is 0 Å². The van der Waals surface area contributed by atoms with Gasteiger partial charge in [0.25, 0.3) is 0 Å². The molecule has 12 rings (SSSR count). The highest BCUT2D eigenvalue weighted by molar-refractivity contribution is 7.93. The molecule has 0 radical (unpaired) electrons. The summed E-state index contributed by atoms with van der Waals surface area (Å²) in [5.74, 6) is 0.923. The van der Waals surface area contributed by atoms with E-state index in [2.05, 4.69) is 184 Å². The van der Waals surface area contributed by atoms with Crippen LogP contribution in [0.5, 0.6) is 11.5 Å². The lowest BCUT2D eigenvalue weighted by Gasteiger charge is -2.35. The van der Waals surface area contributed by atoms with Crippen LogP contribution in [0.2, 0.25) is 0 Å². The standard InChI is InChI=1S/C37H31PSi.C36H28O3P2.H2OPS/c1-38(31-17-7-2-8-18-31,32-19-9-3-10-20-32)33-27-29-37(30-28-33)39(34-21-11-4-12-22-34,35-23-13-5-14-24-35)36-25-15-6-16-26-36;37-40(29-17-5-1-6-18-29,30-19-7-2-8-20-30)35-27-15-13-25-33(35)39-34-26-14-16-28-36(34)41(38,31-21-9-3-10-22-31)32-23-11-4-12-24-32;1-3-2/h2-30H,1H2;1-28H;2-3H/q;;-1/i;;3T. The molecular weight excluding hydrogens is 1120 g/mol. The Morgan fingerprint density at radius 1 is 0.313 bits per heavy atom. The average Bonchev–Trinajstić information content (AvgIpc) is 3.36. The second-order valence-electron chi connectivity index (χ2n) is 19.6. The first-order valence-electron chi connectivity index (χ1n) is 27.6.